The Labute approximate surface area is 109 Å². The lowest BCUT2D eigenvalue weighted by Gasteiger charge is -2.10. The van der Waals surface area contributed by atoms with Gasteiger partial charge in [0.2, 0.25) is 0 Å². The third-order valence-corrected chi connectivity index (χ3v) is 3.34. The third kappa shape index (κ3) is 3.61. The fourth-order valence-corrected chi connectivity index (χ4v) is 2.49. The molecule has 0 saturated heterocycles. The van der Waals surface area contributed by atoms with Crippen LogP contribution in [0, 0.1) is 0 Å². The van der Waals surface area contributed by atoms with Crippen LogP contribution < -0.4 is 11.4 Å². The first-order valence-electron chi connectivity index (χ1n) is 5.60. The van der Waals surface area contributed by atoms with Gasteiger partial charge in [0.1, 0.15) is 6.04 Å². The van der Waals surface area contributed by atoms with Crippen molar-refractivity contribution in [2.24, 2.45) is 5.73 Å². The zero-order chi connectivity index (χ0) is 13.7. The Bertz CT molecular complexity index is 454. The number of aromatic amines is 1. The fraction of sp³-hybridized carbons (Fsp3) is 0.700. The molecule has 0 aliphatic carbocycles. The Kier molecular flexibility index (Phi) is 5.42. The van der Waals surface area contributed by atoms with Gasteiger partial charge < -0.3 is 10.5 Å². The summed E-state index contributed by atoms with van der Waals surface area (Å²) in [5, 5.41) is 6.94. The smallest absolute Gasteiger partial charge is 0.344 e. The van der Waals surface area contributed by atoms with Gasteiger partial charge in [0, 0.05) is 11.8 Å². The molecule has 8 heteroatoms. The number of carbonyl (C=O) groups excluding carboxylic acids is 1. The molecule has 102 valence electrons. The molecule has 0 aromatic carbocycles. The zero-order valence-electron chi connectivity index (χ0n) is 10.7. The van der Waals surface area contributed by atoms with E-state index in [2.05, 4.69) is 14.9 Å². The molecule has 3 N–H and O–H groups in total. The lowest BCUT2D eigenvalue weighted by molar-refractivity contribution is -0.142. The van der Waals surface area contributed by atoms with E-state index in [-0.39, 0.29) is 11.7 Å². The first kappa shape index (κ1) is 14.8. The summed E-state index contributed by atoms with van der Waals surface area (Å²) in [4.78, 5) is 22.6. The highest BCUT2D eigenvalue weighted by atomic mass is 32.2. The van der Waals surface area contributed by atoms with Gasteiger partial charge in [0.25, 0.3) is 0 Å². The van der Waals surface area contributed by atoms with Crippen molar-refractivity contribution >= 4 is 17.7 Å². The van der Waals surface area contributed by atoms with Crippen molar-refractivity contribution in [3.8, 4) is 0 Å². The summed E-state index contributed by atoms with van der Waals surface area (Å²) < 4.78 is 6.09. The molecule has 7 nitrogen and oxygen atoms in total. The van der Waals surface area contributed by atoms with Gasteiger partial charge in [-0.25, -0.2) is 9.89 Å². The highest BCUT2D eigenvalue weighted by Gasteiger charge is 2.15. The standard InChI is InChI=1S/C10H18N4O3S/c1-6(2)14-9(16)12-13-10(14)18-5-4-7(11)8(15)17-3/h6-7H,4-5,11H2,1-3H3,(H,12,16). The van der Waals surface area contributed by atoms with Gasteiger partial charge in [-0.3, -0.25) is 9.36 Å². The Hall–Kier alpha value is -1.28. The minimum atomic E-state index is -0.638. The van der Waals surface area contributed by atoms with Gasteiger partial charge >= 0.3 is 11.7 Å². The van der Waals surface area contributed by atoms with Crippen molar-refractivity contribution in [2.45, 2.75) is 37.5 Å². The van der Waals surface area contributed by atoms with Crippen LogP contribution in [0.25, 0.3) is 0 Å². The Morgan fingerprint density at radius 1 is 1.61 bits per heavy atom. The van der Waals surface area contributed by atoms with Crippen molar-refractivity contribution in [3.63, 3.8) is 0 Å². The number of methoxy groups -OCH3 is 1. The summed E-state index contributed by atoms with van der Waals surface area (Å²) in [6.45, 7) is 3.81. The van der Waals surface area contributed by atoms with Crippen molar-refractivity contribution in [3.05, 3.63) is 10.5 Å². The Morgan fingerprint density at radius 2 is 2.28 bits per heavy atom. The third-order valence-electron chi connectivity index (χ3n) is 2.35. The van der Waals surface area contributed by atoms with Crippen molar-refractivity contribution in [2.75, 3.05) is 12.9 Å². The molecule has 1 aromatic rings. The number of nitrogens with one attached hydrogen (secondary N) is 1. The zero-order valence-corrected chi connectivity index (χ0v) is 11.5. The maximum Gasteiger partial charge on any atom is 0.344 e. The SMILES string of the molecule is COC(=O)C(N)CCSc1n[nH]c(=O)n1C(C)C. The second-order valence-electron chi connectivity index (χ2n) is 4.04. The van der Waals surface area contributed by atoms with Crippen LogP contribution in [-0.4, -0.2) is 39.6 Å². The maximum absolute atomic E-state index is 11.5. The predicted octanol–water partition coefficient (Wildman–Crippen LogP) is 0.135. The van der Waals surface area contributed by atoms with Crippen LogP contribution in [0.1, 0.15) is 26.3 Å². The molecule has 0 amide bonds. The summed E-state index contributed by atoms with van der Waals surface area (Å²) in [6, 6.07) is -0.603. The highest BCUT2D eigenvalue weighted by molar-refractivity contribution is 7.99. The molecule has 0 aliphatic rings. The van der Waals surface area contributed by atoms with E-state index in [0.717, 1.165) is 0 Å². The molecular weight excluding hydrogens is 256 g/mol. The lowest BCUT2D eigenvalue weighted by atomic mass is 10.2. The number of nitrogens with two attached hydrogens (primary N) is 1. The van der Waals surface area contributed by atoms with Crippen LogP contribution in [0.15, 0.2) is 9.95 Å². The van der Waals surface area contributed by atoms with Crippen molar-refractivity contribution < 1.29 is 9.53 Å². The molecule has 0 bridgehead atoms. The minimum Gasteiger partial charge on any atom is -0.468 e. The Balaban J connectivity index is 2.55. The summed E-state index contributed by atoms with van der Waals surface area (Å²) in [5.74, 6) is 0.159. The monoisotopic (exact) mass is 274 g/mol. The van der Waals surface area contributed by atoms with E-state index in [1.807, 2.05) is 13.8 Å². The van der Waals surface area contributed by atoms with E-state index in [4.69, 9.17) is 5.73 Å². The quantitative estimate of drug-likeness (QED) is 0.565. The molecule has 1 atom stereocenters. The van der Waals surface area contributed by atoms with E-state index < -0.39 is 12.0 Å². The first-order chi connectivity index (χ1) is 8.47. The molecule has 0 fully saturated rings. The van der Waals surface area contributed by atoms with E-state index in [1.165, 1.54) is 18.9 Å². The second-order valence-corrected chi connectivity index (χ2v) is 5.10. The lowest BCUT2D eigenvalue weighted by Crippen LogP contribution is -2.32. The van der Waals surface area contributed by atoms with Gasteiger partial charge in [0.15, 0.2) is 5.16 Å². The van der Waals surface area contributed by atoms with Crippen molar-refractivity contribution in [1.29, 1.82) is 0 Å². The average molecular weight is 274 g/mol. The van der Waals surface area contributed by atoms with Gasteiger partial charge in [-0.15, -0.1) is 5.10 Å². The second kappa shape index (κ2) is 6.60. The summed E-state index contributed by atoms with van der Waals surface area (Å²) in [6.07, 6.45) is 0.469. The molecule has 1 rings (SSSR count). The topological polar surface area (TPSA) is 103 Å². The number of aromatic nitrogens is 3. The van der Waals surface area contributed by atoms with Gasteiger partial charge in [-0.1, -0.05) is 11.8 Å². The molecular formula is C10H18N4O3S. The van der Waals surface area contributed by atoms with Crippen molar-refractivity contribution in [1.82, 2.24) is 14.8 Å². The van der Waals surface area contributed by atoms with E-state index in [9.17, 15) is 9.59 Å². The fourth-order valence-electron chi connectivity index (χ4n) is 1.39. The molecule has 0 aliphatic heterocycles. The number of nitrogens with zero attached hydrogens (tertiary/aromatic N) is 2. The number of ether oxygens (including phenoxy) is 1. The van der Waals surface area contributed by atoms with Crippen LogP contribution in [0.5, 0.6) is 0 Å². The first-order valence-corrected chi connectivity index (χ1v) is 6.59. The van der Waals surface area contributed by atoms with Crippen LogP contribution in [-0.2, 0) is 9.53 Å². The number of H-pyrrole nitrogens is 1. The van der Waals surface area contributed by atoms with Gasteiger partial charge in [-0.2, -0.15) is 0 Å². The van der Waals surface area contributed by atoms with E-state index in [1.54, 1.807) is 4.57 Å². The summed E-state index contributed by atoms with van der Waals surface area (Å²) >= 11 is 1.39. The van der Waals surface area contributed by atoms with E-state index >= 15 is 0 Å². The molecule has 1 heterocycles. The van der Waals surface area contributed by atoms with Gasteiger partial charge in [-0.05, 0) is 20.3 Å². The minimum absolute atomic E-state index is 0.0352. The molecule has 0 spiro atoms. The summed E-state index contributed by atoms with van der Waals surface area (Å²) in [5.41, 5.74) is 5.38. The number of carbonyl (C=O) groups is 1. The van der Waals surface area contributed by atoms with Crippen LogP contribution >= 0.6 is 11.8 Å². The average Bonchev–Trinajstić information content (AvgIpc) is 2.69. The number of rotatable bonds is 6. The molecule has 0 saturated carbocycles. The number of hydrogen-bond donors (Lipinski definition) is 2. The number of thioether (sulfide) groups is 1. The molecule has 18 heavy (non-hydrogen) atoms. The molecule has 1 aromatic heterocycles. The predicted molar refractivity (Wildman–Crippen MR) is 68.6 cm³/mol. The summed E-state index contributed by atoms with van der Waals surface area (Å²) in [7, 11) is 1.31. The maximum atomic E-state index is 11.5. The number of hydrogen-bond acceptors (Lipinski definition) is 6. The van der Waals surface area contributed by atoms with Crippen LogP contribution in [0.3, 0.4) is 0 Å². The normalized spacial score (nSPS) is 12.7. The Morgan fingerprint density at radius 3 is 2.83 bits per heavy atom. The largest absolute Gasteiger partial charge is 0.468 e. The number of esters is 1. The van der Waals surface area contributed by atoms with Crippen LogP contribution in [0.4, 0.5) is 0 Å². The van der Waals surface area contributed by atoms with Gasteiger partial charge in [0.05, 0.1) is 7.11 Å². The van der Waals surface area contributed by atoms with Crippen LogP contribution in [0.2, 0.25) is 0 Å². The highest BCUT2D eigenvalue weighted by Crippen LogP contribution is 2.18. The van der Waals surface area contributed by atoms with E-state index in [0.29, 0.717) is 17.3 Å². The molecule has 1 unspecified atom stereocenters. The molecule has 0 radical (unpaired) electrons.